The largest absolute Gasteiger partial charge is 0.494 e. The van der Waals surface area contributed by atoms with Gasteiger partial charge in [0.15, 0.2) is 0 Å². The van der Waals surface area contributed by atoms with E-state index >= 15 is 0 Å². The van der Waals surface area contributed by atoms with Crippen LogP contribution in [0.4, 0.5) is 5.69 Å². The fraction of sp³-hybridized carbons (Fsp3) is 0.294. The number of anilines is 1. The standard InChI is InChI=1S/C17H20ClNO/c1-4-20-17-8-6-5-7-14(17)13(3)19-16-10-9-12(2)11-15(16)18/h5-11,13,19H,4H2,1-3H3. The molecule has 0 bridgehead atoms. The minimum absolute atomic E-state index is 0.123. The zero-order valence-electron chi connectivity index (χ0n) is 12.1. The van der Waals surface area contributed by atoms with Crippen molar-refractivity contribution in [1.82, 2.24) is 0 Å². The SMILES string of the molecule is CCOc1ccccc1C(C)Nc1ccc(C)cc1Cl. The Bertz CT molecular complexity index is 583. The summed E-state index contributed by atoms with van der Waals surface area (Å²) in [4.78, 5) is 0. The average Bonchev–Trinajstić information content (AvgIpc) is 2.43. The molecule has 0 aliphatic rings. The summed E-state index contributed by atoms with van der Waals surface area (Å²) in [7, 11) is 0. The highest BCUT2D eigenvalue weighted by Crippen LogP contribution is 2.30. The Morgan fingerprint density at radius 2 is 1.95 bits per heavy atom. The summed E-state index contributed by atoms with van der Waals surface area (Å²) < 4.78 is 5.67. The maximum absolute atomic E-state index is 6.27. The molecule has 20 heavy (non-hydrogen) atoms. The van der Waals surface area contributed by atoms with Gasteiger partial charge in [0, 0.05) is 5.56 Å². The van der Waals surface area contributed by atoms with Crippen molar-refractivity contribution in [2.75, 3.05) is 11.9 Å². The highest BCUT2D eigenvalue weighted by Gasteiger charge is 2.12. The maximum atomic E-state index is 6.27. The molecule has 2 aromatic carbocycles. The Labute approximate surface area is 125 Å². The van der Waals surface area contributed by atoms with Crippen LogP contribution in [-0.4, -0.2) is 6.61 Å². The zero-order chi connectivity index (χ0) is 14.5. The van der Waals surface area contributed by atoms with Crippen molar-refractivity contribution in [3.63, 3.8) is 0 Å². The third kappa shape index (κ3) is 3.45. The first-order chi connectivity index (χ1) is 9.61. The lowest BCUT2D eigenvalue weighted by atomic mass is 10.1. The van der Waals surface area contributed by atoms with Crippen molar-refractivity contribution in [3.05, 3.63) is 58.6 Å². The second-order valence-corrected chi connectivity index (χ2v) is 5.23. The maximum Gasteiger partial charge on any atom is 0.124 e. The van der Waals surface area contributed by atoms with E-state index in [0.29, 0.717) is 6.61 Å². The number of hydrogen-bond acceptors (Lipinski definition) is 2. The monoisotopic (exact) mass is 289 g/mol. The molecule has 1 atom stereocenters. The number of benzene rings is 2. The van der Waals surface area contributed by atoms with E-state index in [1.165, 1.54) is 0 Å². The molecule has 0 fully saturated rings. The van der Waals surface area contributed by atoms with E-state index in [2.05, 4.69) is 24.4 Å². The molecule has 1 N–H and O–H groups in total. The van der Waals surface area contributed by atoms with Gasteiger partial charge in [-0.3, -0.25) is 0 Å². The number of hydrogen-bond donors (Lipinski definition) is 1. The van der Waals surface area contributed by atoms with Gasteiger partial charge in [0.2, 0.25) is 0 Å². The first kappa shape index (κ1) is 14.7. The highest BCUT2D eigenvalue weighted by molar-refractivity contribution is 6.33. The van der Waals surface area contributed by atoms with Crippen LogP contribution < -0.4 is 10.1 Å². The van der Waals surface area contributed by atoms with Crippen LogP contribution in [0.25, 0.3) is 0 Å². The Kier molecular flexibility index (Phi) is 4.91. The predicted octanol–water partition coefficient (Wildman–Crippen LogP) is 5.22. The molecule has 0 heterocycles. The summed E-state index contributed by atoms with van der Waals surface area (Å²) in [6.45, 7) is 6.79. The molecule has 2 aromatic rings. The smallest absolute Gasteiger partial charge is 0.124 e. The van der Waals surface area contributed by atoms with Gasteiger partial charge in [0.05, 0.1) is 23.4 Å². The van der Waals surface area contributed by atoms with Crippen molar-refractivity contribution in [3.8, 4) is 5.75 Å². The van der Waals surface area contributed by atoms with Crippen LogP contribution in [-0.2, 0) is 0 Å². The molecule has 0 radical (unpaired) electrons. The summed E-state index contributed by atoms with van der Waals surface area (Å²) in [6, 6.07) is 14.2. The van der Waals surface area contributed by atoms with E-state index in [1.54, 1.807) is 0 Å². The van der Waals surface area contributed by atoms with Gasteiger partial charge in [-0.1, -0.05) is 35.9 Å². The van der Waals surface area contributed by atoms with Crippen molar-refractivity contribution in [2.24, 2.45) is 0 Å². The number of aryl methyl sites for hydroxylation is 1. The van der Waals surface area contributed by atoms with E-state index in [-0.39, 0.29) is 6.04 Å². The molecule has 1 unspecified atom stereocenters. The molecule has 0 aliphatic carbocycles. The van der Waals surface area contributed by atoms with E-state index in [4.69, 9.17) is 16.3 Å². The Morgan fingerprint density at radius 1 is 1.20 bits per heavy atom. The lowest BCUT2D eigenvalue weighted by Gasteiger charge is -2.19. The van der Waals surface area contributed by atoms with Gasteiger partial charge >= 0.3 is 0 Å². The van der Waals surface area contributed by atoms with Gasteiger partial charge in [0.25, 0.3) is 0 Å². The number of halogens is 1. The van der Waals surface area contributed by atoms with Gasteiger partial charge in [0.1, 0.15) is 5.75 Å². The van der Waals surface area contributed by atoms with E-state index in [1.807, 2.05) is 44.2 Å². The predicted molar refractivity (Wildman–Crippen MR) is 85.8 cm³/mol. The summed E-state index contributed by atoms with van der Waals surface area (Å²) in [6.07, 6.45) is 0. The van der Waals surface area contributed by atoms with Crippen LogP contribution in [0.1, 0.15) is 31.0 Å². The molecular weight excluding hydrogens is 270 g/mol. The van der Waals surface area contributed by atoms with Gasteiger partial charge < -0.3 is 10.1 Å². The van der Waals surface area contributed by atoms with Crippen LogP contribution >= 0.6 is 11.6 Å². The summed E-state index contributed by atoms with van der Waals surface area (Å²) in [5, 5.41) is 4.18. The molecule has 2 rings (SSSR count). The minimum Gasteiger partial charge on any atom is -0.494 e. The summed E-state index contributed by atoms with van der Waals surface area (Å²) >= 11 is 6.27. The lowest BCUT2D eigenvalue weighted by molar-refractivity contribution is 0.335. The van der Waals surface area contributed by atoms with Gasteiger partial charge in [-0.25, -0.2) is 0 Å². The molecule has 0 saturated carbocycles. The molecule has 3 heteroatoms. The molecule has 0 amide bonds. The average molecular weight is 290 g/mol. The molecule has 2 nitrogen and oxygen atoms in total. The lowest BCUT2D eigenvalue weighted by Crippen LogP contribution is -2.09. The van der Waals surface area contributed by atoms with Gasteiger partial charge in [-0.15, -0.1) is 0 Å². The van der Waals surface area contributed by atoms with Crippen molar-refractivity contribution < 1.29 is 4.74 Å². The van der Waals surface area contributed by atoms with E-state index in [0.717, 1.165) is 27.6 Å². The second kappa shape index (κ2) is 6.67. The zero-order valence-corrected chi connectivity index (χ0v) is 12.9. The highest BCUT2D eigenvalue weighted by atomic mass is 35.5. The van der Waals surface area contributed by atoms with Crippen LogP contribution in [0.15, 0.2) is 42.5 Å². The second-order valence-electron chi connectivity index (χ2n) is 4.82. The van der Waals surface area contributed by atoms with Crippen molar-refractivity contribution in [1.29, 1.82) is 0 Å². The molecule has 0 spiro atoms. The molecule has 106 valence electrons. The van der Waals surface area contributed by atoms with Gasteiger partial charge in [-0.2, -0.15) is 0 Å². The number of nitrogens with one attached hydrogen (secondary N) is 1. The van der Waals surface area contributed by atoms with Crippen molar-refractivity contribution in [2.45, 2.75) is 26.8 Å². The molecule has 0 aromatic heterocycles. The van der Waals surface area contributed by atoms with Crippen LogP contribution in [0, 0.1) is 6.92 Å². The van der Waals surface area contributed by atoms with E-state index in [9.17, 15) is 0 Å². The fourth-order valence-corrected chi connectivity index (χ4v) is 2.46. The van der Waals surface area contributed by atoms with Crippen LogP contribution in [0.2, 0.25) is 5.02 Å². The number of para-hydroxylation sites is 1. The van der Waals surface area contributed by atoms with Crippen LogP contribution in [0.5, 0.6) is 5.75 Å². The van der Waals surface area contributed by atoms with E-state index < -0.39 is 0 Å². The van der Waals surface area contributed by atoms with Crippen molar-refractivity contribution >= 4 is 17.3 Å². The summed E-state index contributed by atoms with van der Waals surface area (Å²) in [5.74, 6) is 0.915. The van der Waals surface area contributed by atoms with Crippen LogP contribution in [0.3, 0.4) is 0 Å². The third-order valence-corrected chi connectivity index (χ3v) is 3.49. The minimum atomic E-state index is 0.123. The quantitative estimate of drug-likeness (QED) is 0.815. The Balaban J connectivity index is 2.21. The molecule has 0 aliphatic heterocycles. The summed E-state index contributed by atoms with van der Waals surface area (Å²) in [5.41, 5.74) is 3.23. The Hall–Kier alpha value is -1.67. The fourth-order valence-electron chi connectivity index (χ4n) is 2.17. The van der Waals surface area contributed by atoms with Gasteiger partial charge in [-0.05, 0) is 44.5 Å². The first-order valence-corrected chi connectivity index (χ1v) is 7.24. The molecular formula is C17H20ClNO. The normalized spacial score (nSPS) is 12.0. The number of ether oxygens (including phenoxy) is 1. The first-order valence-electron chi connectivity index (χ1n) is 6.86. The molecule has 0 saturated heterocycles. The Morgan fingerprint density at radius 3 is 2.65 bits per heavy atom. The topological polar surface area (TPSA) is 21.3 Å². The third-order valence-electron chi connectivity index (χ3n) is 3.18. The number of rotatable bonds is 5.